The average molecular weight is 451 g/mol. The Hall–Kier alpha value is -3.78. The number of carbonyl (C=O) groups is 3. The van der Waals surface area contributed by atoms with Crippen molar-refractivity contribution in [3.05, 3.63) is 89.5 Å². The number of amides is 2. The van der Waals surface area contributed by atoms with E-state index in [1.807, 2.05) is 12.1 Å². The Morgan fingerprint density at radius 2 is 1.56 bits per heavy atom. The molecule has 0 saturated heterocycles. The summed E-state index contributed by atoms with van der Waals surface area (Å²) in [4.78, 5) is 37.1. The van der Waals surface area contributed by atoms with Gasteiger partial charge in [-0.1, -0.05) is 30.3 Å². The van der Waals surface area contributed by atoms with Gasteiger partial charge in [-0.25, -0.2) is 4.79 Å². The van der Waals surface area contributed by atoms with Crippen LogP contribution in [0.15, 0.2) is 77.7 Å². The van der Waals surface area contributed by atoms with Crippen LogP contribution in [0.2, 0.25) is 0 Å². The molecule has 164 valence electrons. The molecule has 0 aliphatic rings. The first-order valence-corrected chi connectivity index (χ1v) is 10.3. The number of nitrogens with one attached hydrogen (secondary N) is 2. The van der Waals surface area contributed by atoms with E-state index < -0.39 is 6.16 Å². The summed E-state index contributed by atoms with van der Waals surface area (Å²) in [6.45, 7) is 2.11. The maximum Gasteiger partial charge on any atom is 0.513 e. The number of anilines is 1. The van der Waals surface area contributed by atoms with Crippen LogP contribution in [0.25, 0.3) is 0 Å². The van der Waals surface area contributed by atoms with Crippen molar-refractivity contribution in [3.8, 4) is 5.75 Å². The van der Waals surface area contributed by atoms with Crippen molar-refractivity contribution < 1.29 is 23.9 Å². The van der Waals surface area contributed by atoms with E-state index in [4.69, 9.17) is 9.47 Å². The molecule has 0 aliphatic carbocycles. The van der Waals surface area contributed by atoms with E-state index in [-0.39, 0.29) is 30.7 Å². The second-order valence-electron chi connectivity index (χ2n) is 6.62. The van der Waals surface area contributed by atoms with Gasteiger partial charge >= 0.3 is 6.16 Å². The lowest BCUT2D eigenvalue weighted by molar-refractivity contribution is 0.0947. The van der Waals surface area contributed by atoms with Crippen LogP contribution in [0, 0.1) is 0 Å². The first kappa shape index (κ1) is 22.9. The zero-order chi connectivity index (χ0) is 22.9. The maximum absolute atomic E-state index is 12.7. The van der Waals surface area contributed by atoms with Crippen LogP contribution in [0.3, 0.4) is 0 Å². The van der Waals surface area contributed by atoms with Crippen molar-refractivity contribution in [2.45, 2.75) is 18.4 Å². The Kier molecular flexibility index (Phi) is 7.88. The minimum absolute atomic E-state index is 0.209. The number of ether oxygens (including phenoxy) is 2. The molecule has 3 aromatic rings. The molecular weight excluding hydrogens is 428 g/mol. The second kappa shape index (κ2) is 11.0. The van der Waals surface area contributed by atoms with Gasteiger partial charge in [0.15, 0.2) is 0 Å². The third-order valence-electron chi connectivity index (χ3n) is 4.43. The summed E-state index contributed by atoms with van der Waals surface area (Å²) in [6.07, 6.45) is -0.804. The zero-order valence-electron chi connectivity index (χ0n) is 17.3. The average Bonchev–Trinajstić information content (AvgIpc) is 2.79. The summed E-state index contributed by atoms with van der Waals surface area (Å²) >= 11 is 4.31. The van der Waals surface area contributed by atoms with E-state index in [1.54, 1.807) is 43.3 Å². The van der Waals surface area contributed by atoms with Crippen LogP contribution in [0.5, 0.6) is 5.75 Å². The number of carbonyl (C=O) groups excluding carboxylic acids is 3. The molecule has 0 atom stereocenters. The number of benzene rings is 3. The van der Waals surface area contributed by atoms with Crippen LogP contribution in [-0.2, 0) is 11.3 Å². The van der Waals surface area contributed by atoms with Crippen LogP contribution >= 0.6 is 12.6 Å². The van der Waals surface area contributed by atoms with E-state index >= 15 is 0 Å². The fraction of sp³-hybridized carbons (Fsp3) is 0.125. The van der Waals surface area contributed by atoms with Crippen molar-refractivity contribution in [2.75, 3.05) is 11.9 Å². The monoisotopic (exact) mass is 450 g/mol. The number of rotatable bonds is 7. The number of hydrogen-bond acceptors (Lipinski definition) is 6. The molecule has 0 fully saturated rings. The van der Waals surface area contributed by atoms with Crippen molar-refractivity contribution in [2.24, 2.45) is 0 Å². The highest BCUT2D eigenvalue weighted by molar-refractivity contribution is 7.80. The topological polar surface area (TPSA) is 93.7 Å². The smallest absolute Gasteiger partial charge is 0.434 e. The summed E-state index contributed by atoms with van der Waals surface area (Å²) in [5.41, 5.74) is 2.17. The molecule has 0 aliphatic heterocycles. The molecule has 0 unspecified atom stereocenters. The SMILES string of the molecule is CCOC(=O)Oc1ccc(C(=O)Nc2ccccc2CNC(=O)c2ccccc2S)cc1. The molecule has 2 amide bonds. The highest BCUT2D eigenvalue weighted by Gasteiger charge is 2.13. The lowest BCUT2D eigenvalue weighted by Gasteiger charge is -2.13. The van der Waals surface area contributed by atoms with Gasteiger partial charge in [0.1, 0.15) is 5.75 Å². The minimum atomic E-state index is -0.804. The van der Waals surface area contributed by atoms with Gasteiger partial charge in [-0.2, -0.15) is 0 Å². The predicted molar refractivity (Wildman–Crippen MR) is 123 cm³/mol. The quantitative estimate of drug-likeness (QED) is 0.276. The predicted octanol–water partition coefficient (Wildman–Crippen LogP) is 4.69. The zero-order valence-corrected chi connectivity index (χ0v) is 18.2. The van der Waals surface area contributed by atoms with Gasteiger partial charge in [-0.3, -0.25) is 9.59 Å². The van der Waals surface area contributed by atoms with Gasteiger partial charge < -0.3 is 20.1 Å². The maximum atomic E-state index is 12.7. The first-order chi connectivity index (χ1) is 15.5. The Bertz CT molecular complexity index is 1120. The molecule has 3 rings (SSSR count). The molecule has 3 aromatic carbocycles. The van der Waals surface area contributed by atoms with Crippen LogP contribution in [-0.4, -0.2) is 24.6 Å². The van der Waals surface area contributed by atoms with E-state index in [0.29, 0.717) is 21.7 Å². The largest absolute Gasteiger partial charge is 0.513 e. The number of thiol groups is 1. The van der Waals surface area contributed by atoms with Crippen molar-refractivity contribution in [3.63, 3.8) is 0 Å². The fourth-order valence-electron chi connectivity index (χ4n) is 2.85. The molecule has 0 bridgehead atoms. The molecule has 0 spiro atoms. The van der Waals surface area contributed by atoms with Crippen LogP contribution in [0.4, 0.5) is 10.5 Å². The Morgan fingerprint density at radius 1 is 0.875 bits per heavy atom. The summed E-state index contributed by atoms with van der Waals surface area (Å²) in [5.74, 6) is -0.325. The van der Waals surface area contributed by atoms with Gasteiger partial charge in [0.05, 0.1) is 12.2 Å². The van der Waals surface area contributed by atoms with Gasteiger partial charge in [-0.15, -0.1) is 12.6 Å². The molecule has 2 N–H and O–H groups in total. The lowest BCUT2D eigenvalue weighted by Crippen LogP contribution is -2.24. The van der Waals surface area contributed by atoms with E-state index in [1.165, 1.54) is 24.3 Å². The highest BCUT2D eigenvalue weighted by Crippen LogP contribution is 2.19. The molecular formula is C24H22N2O5S. The van der Waals surface area contributed by atoms with E-state index in [2.05, 4.69) is 23.3 Å². The summed E-state index contributed by atoms with van der Waals surface area (Å²) < 4.78 is 9.70. The summed E-state index contributed by atoms with van der Waals surface area (Å²) in [6, 6.07) is 20.3. The Balaban J connectivity index is 1.64. The van der Waals surface area contributed by atoms with Gasteiger partial charge in [-0.05, 0) is 55.0 Å². The van der Waals surface area contributed by atoms with Gasteiger partial charge in [0.25, 0.3) is 11.8 Å². The second-order valence-corrected chi connectivity index (χ2v) is 7.10. The highest BCUT2D eigenvalue weighted by atomic mass is 32.1. The van der Waals surface area contributed by atoms with E-state index in [0.717, 1.165) is 5.56 Å². The number of hydrogen-bond donors (Lipinski definition) is 3. The van der Waals surface area contributed by atoms with Crippen LogP contribution in [0.1, 0.15) is 33.2 Å². The summed E-state index contributed by atoms with van der Waals surface area (Å²) in [5, 5.41) is 5.69. The number of para-hydroxylation sites is 1. The molecule has 0 saturated carbocycles. The van der Waals surface area contributed by atoms with Crippen LogP contribution < -0.4 is 15.4 Å². The Labute approximate surface area is 191 Å². The molecule has 8 heteroatoms. The van der Waals surface area contributed by atoms with Gasteiger partial charge in [0, 0.05) is 22.7 Å². The molecule has 0 heterocycles. The first-order valence-electron chi connectivity index (χ1n) is 9.88. The van der Waals surface area contributed by atoms with Crippen molar-refractivity contribution in [1.29, 1.82) is 0 Å². The fourth-order valence-corrected chi connectivity index (χ4v) is 3.11. The summed E-state index contributed by atoms with van der Waals surface area (Å²) in [7, 11) is 0. The van der Waals surface area contributed by atoms with Crippen molar-refractivity contribution >= 4 is 36.3 Å². The lowest BCUT2D eigenvalue weighted by atomic mass is 10.1. The third kappa shape index (κ3) is 6.12. The normalized spacial score (nSPS) is 10.2. The molecule has 0 aromatic heterocycles. The molecule has 0 radical (unpaired) electrons. The minimum Gasteiger partial charge on any atom is -0.434 e. The van der Waals surface area contributed by atoms with E-state index in [9.17, 15) is 14.4 Å². The molecule has 7 nitrogen and oxygen atoms in total. The molecule has 32 heavy (non-hydrogen) atoms. The van der Waals surface area contributed by atoms with Gasteiger partial charge in [0.2, 0.25) is 0 Å². The van der Waals surface area contributed by atoms with Crippen molar-refractivity contribution in [1.82, 2.24) is 5.32 Å². The third-order valence-corrected chi connectivity index (χ3v) is 4.82. The standard InChI is InChI=1S/C24H22N2O5S/c1-2-30-24(29)31-18-13-11-16(12-14-18)22(27)26-20-9-5-3-7-17(20)15-25-23(28)19-8-4-6-10-21(19)32/h3-14,32H,2,15H2,1H3,(H,25,28)(H,26,27). The Morgan fingerprint density at radius 3 is 2.28 bits per heavy atom.